The SMILES string of the molecule is CN=C(N)NCc1ccc(N2CCCC2)nc1.I. The molecule has 0 spiro atoms. The Bertz CT molecular complexity index is 384. The molecule has 1 aromatic heterocycles. The number of aliphatic imine (C=N–C) groups is 1. The Hall–Kier alpha value is -1.05. The molecular formula is C12H20IN5. The first-order valence-electron chi connectivity index (χ1n) is 5.95. The maximum Gasteiger partial charge on any atom is 0.188 e. The number of aromatic nitrogens is 1. The number of hydrogen-bond acceptors (Lipinski definition) is 3. The summed E-state index contributed by atoms with van der Waals surface area (Å²) < 4.78 is 0. The van der Waals surface area contributed by atoms with Gasteiger partial charge >= 0.3 is 0 Å². The van der Waals surface area contributed by atoms with Crippen molar-refractivity contribution in [1.82, 2.24) is 10.3 Å². The minimum atomic E-state index is 0. The predicted molar refractivity (Wildman–Crippen MR) is 85.5 cm³/mol. The van der Waals surface area contributed by atoms with Gasteiger partial charge in [-0.1, -0.05) is 6.07 Å². The van der Waals surface area contributed by atoms with Gasteiger partial charge in [0.25, 0.3) is 0 Å². The smallest absolute Gasteiger partial charge is 0.188 e. The van der Waals surface area contributed by atoms with Crippen LogP contribution in [-0.4, -0.2) is 31.1 Å². The number of rotatable bonds is 3. The standard InChI is InChI=1S/C12H19N5.HI/c1-14-12(13)16-9-10-4-5-11(15-8-10)17-6-2-3-7-17;/h4-5,8H,2-3,6-7,9H2,1H3,(H3,13,14,16);1H. The quantitative estimate of drug-likeness (QED) is 0.484. The Kier molecular flexibility index (Phi) is 6.17. The van der Waals surface area contributed by atoms with Gasteiger partial charge in [0.15, 0.2) is 5.96 Å². The molecule has 18 heavy (non-hydrogen) atoms. The Labute approximate surface area is 125 Å². The highest BCUT2D eigenvalue weighted by Crippen LogP contribution is 2.17. The van der Waals surface area contributed by atoms with E-state index in [1.165, 1.54) is 12.8 Å². The second-order valence-corrected chi connectivity index (χ2v) is 4.18. The molecule has 1 fully saturated rings. The summed E-state index contributed by atoms with van der Waals surface area (Å²) in [5, 5.41) is 3.01. The second-order valence-electron chi connectivity index (χ2n) is 4.18. The highest BCUT2D eigenvalue weighted by Gasteiger charge is 2.12. The third kappa shape index (κ3) is 4.01. The first kappa shape index (κ1) is 15.0. The summed E-state index contributed by atoms with van der Waals surface area (Å²) in [4.78, 5) is 10.6. The highest BCUT2D eigenvalue weighted by atomic mass is 127. The van der Waals surface area contributed by atoms with E-state index in [2.05, 4.69) is 32.3 Å². The summed E-state index contributed by atoms with van der Waals surface area (Å²) in [6.07, 6.45) is 4.44. The maximum absolute atomic E-state index is 5.56. The molecule has 100 valence electrons. The normalized spacial score (nSPS) is 15.4. The zero-order valence-electron chi connectivity index (χ0n) is 10.6. The summed E-state index contributed by atoms with van der Waals surface area (Å²) in [5.41, 5.74) is 6.67. The fraction of sp³-hybridized carbons (Fsp3) is 0.500. The number of hydrogen-bond donors (Lipinski definition) is 2. The molecule has 2 heterocycles. The summed E-state index contributed by atoms with van der Waals surface area (Å²) in [6.45, 7) is 2.91. The van der Waals surface area contributed by atoms with Crippen molar-refractivity contribution in [1.29, 1.82) is 0 Å². The molecule has 3 N–H and O–H groups in total. The lowest BCUT2D eigenvalue weighted by molar-refractivity contribution is 0.882. The van der Waals surface area contributed by atoms with Gasteiger partial charge in [-0.2, -0.15) is 0 Å². The molecule has 1 saturated heterocycles. The summed E-state index contributed by atoms with van der Waals surface area (Å²) in [6, 6.07) is 4.15. The topological polar surface area (TPSA) is 66.5 Å². The number of nitrogens with two attached hydrogens (primary N) is 1. The van der Waals surface area contributed by atoms with Crippen LogP contribution in [0.25, 0.3) is 0 Å². The maximum atomic E-state index is 5.56. The molecule has 2 rings (SSSR count). The van der Waals surface area contributed by atoms with Crippen LogP contribution < -0.4 is 16.0 Å². The Morgan fingerprint density at radius 3 is 2.72 bits per heavy atom. The van der Waals surface area contributed by atoms with Crippen molar-refractivity contribution in [2.24, 2.45) is 10.7 Å². The first-order chi connectivity index (χ1) is 8.29. The highest BCUT2D eigenvalue weighted by molar-refractivity contribution is 14.0. The molecule has 0 atom stereocenters. The van der Waals surface area contributed by atoms with Crippen LogP contribution in [0.5, 0.6) is 0 Å². The van der Waals surface area contributed by atoms with Gasteiger partial charge in [0.2, 0.25) is 0 Å². The number of nitrogens with zero attached hydrogens (tertiary/aromatic N) is 3. The molecule has 0 saturated carbocycles. The van der Waals surface area contributed by atoms with Crippen LogP contribution in [0.2, 0.25) is 0 Å². The average molecular weight is 361 g/mol. The van der Waals surface area contributed by atoms with E-state index in [9.17, 15) is 0 Å². The van der Waals surface area contributed by atoms with Crippen LogP contribution in [0.4, 0.5) is 5.82 Å². The van der Waals surface area contributed by atoms with Crippen LogP contribution >= 0.6 is 24.0 Å². The average Bonchev–Trinajstić information content (AvgIpc) is 2.90. The van der Waals surface area contributed by atoms with Crippen molar-refractivity contribution in [2.45, 2.75) is 19.4 Å². The van der Waals surface area contributed by atoms with E-state index in [0.29, 0.717) is 12.5 Å². The lowest BCUT2D eigenvalue weighted by Crippen LogP contribution is -2.30. The Balaban J connectivity index is 0.00000162. The van der Waals surface area contributed by atoms with Crippen LogP contribution in [-0.2, 0) is 6.54 Å². The van der Waals surface area contributed by atoms with E-state index in [1.807, 2.05) is 6.20 Å². The molecule has 0 aromatic carbocycles. The predicted octanol–water partition coefficient (Wildman–Crippen LogP) is 1.33. The number of guanidine groups is 1. The zero-order valence-corrected chi connectivity index (χ0v) is 12.9. The summed E-state index contributed by atoms with van der Waals surface area (Å²) in [5.74, 6) is 1.53. The van der Waals surface area contributed by atoms with Crippen LogP contribution in [0.1, 0.15) is 18.4 Å². The van der Waals surface area contributed by atoms with Crippen LogP contribution in [0, 0.1) is 0 Å². The first-order valence-corrected chi connectivity index (χ1v) is 5.95. The van der Waals surface area contributed by atoms with Crippen molar-refractivity contribution in [2.75, 3.05) is 25.0 Å². The minimum Gasteiger partial charge on any atom is -0.370 e. The Morgan fingerprint density at radius 2 is 2.17 bits per heavy atom. The van der Waals surface area contributed by atoms with Crippen LogP contribution in [0.15, 0.2) is 23.3 Å². The van der Waals surface area contributed by atoms with Gasteiger partial charge in [-0.3, -0.25) is 4.99 Å². The van der Waals surface area contributed by atoms with E-state index in [-0.39, 0.29) is 24.0 Å². The summed E-state index contributed by atoms with van der Waals surface area (Å²) in [7, 11) is 1.66. The molecule has 0 aliphatic carbocycles. The minimum absolute atomic E-state index is 0. The van der Waals surface area contributed by atoms with E-state index in [1.54, 1.807) is 7.05 Å². The van der Waals surface area contributed by atoms with E-state index in [0.717, 1.165) is 24.5 Å². The monoisotopic (exact) mass is 361 g/mol. The molecule has 5 nitrogen and oxygen atoms in total. The second kappa shape index (κ2) is 7.40. The Morgan fingerprint density at radius 1 is 1.44 bits per heavy atom. The number of anilines is 1. The van der Waals surface area contributed by atoms with Crippen molar-refractivity contribution in [3.63, 3.8) is 0 Å². The molecule has 0 unspecified atom stereocenters. The fourth-order valence-corrected chi connectivity index (χ4v) is 1.93. The molecule has 0 bridgehead atoms. The fourth-order valence-electron chi connectivity index (χ4n) is 1.93. The third-order valence-corrected chi connectivity index (χ3v) is 2.95. The molecular weight excluding hydrogens is 341 g/mol. The summed E-state index contributed by atoms with van der Waals surface area (Å²) >= 11 is 0. The number of pyridine rings is 1. The van der Waals surface area contributed by atoms with Gasteiger partial charge in [-0.05, 0) is 24.5 Å². The van der Waals surface area contributed by atoms with Gasteiger partial charge in [-0.25, -0.2) is 4.98 Å². The van der Waals surface area contributed by atoms with Gasteiger partial charge in [0, 0.05) is 32.9 Å². The lowest BCUT2D eigenvalue weighted by atomic mass is 10.3. The third-order valence-electron chi connectivity index (χ3n) is 2.95. The molecule has 0 amide bonds. The van der Waals surface area contributed by atoms with Crippen molar-refractivity contribution < 1.29 is 0 Å². The van der Waals surface area contributed by atoms with Crippen LogP contribution in [0.3, 0.4) is 0 Å². The van der Waals surface area contributed by atoms with Crippen molar-refractivity contribution in [3.05, 3.63) is 23.9 Å². The number of nitrogens with one attached hydrogen (secondary N) is 1. The van der Waals surface area contributed by atoms with Gasteiger partial charge in [-0.15, -0.1) is 24.0 Å². The lowest BCUT2D eigenvalue weighted by Gasteiger charge is -2.16. The molecule has 6 heteroatoms. The molecule has 1 aliphatic rings. The largest absolute Gasteiger partial charge is 0.370 e. The molecule has 1 aliphatic heterocycles. The number of halogens is 1. The van der Waals surface area contributed by atoms with Gasteiger partial charge in [0.05, 0.1) is 0 Å². The van der Waals surface area contributed by atoms with Gasteiger partial charge in [0.1, 0.15) is 5.82 Å². The van der Waals surface area contributed by atoms with Gasteiger partial charge < -0.3 is 16.0 Å². The van der Waals surface area contributed by atoms with E-state index >= 15 is 0 Å². The zero-order chi connectivity index (χ0) is 12.1. The van der Waals surface area contributed by atoms with Crippen molar-refractivity contribution in [3.8, 4) is 0 Å². The van der Waals surface area contributed by atoms with Crippen molar-refractivity contribution >= 4 is 35.8 Å². The van der Waals surface area contributed by atoms with E-state index in [4.69, 9.17) is 5.73 Å². The van der Waals surface area contributed by atoms with E-state index < -0.39 is 0 Å². The molecule has 0 radical (unpaired) electrons. The molecule has 1 aromatic rings.